The van der Waals surface area contributed by atoms with Gasteiger partial charge in [0, 0.05) is 61.0 Å². The van der Waals surface area contributed by atoms with Crippen LogP contribution in [0.15, 0.2) is 179 Å². The van der Waals surface area contributed by atoms with Gasteiger partial charge in [-0.1, -0.05) is 120 Å². The fourth-order valence-electron chi connectivity index (χ4n) is 10.4. The molecule has 0 saturated carbocycles. The summed E-state index contributed by atoms with van der Waals surface area (Å²) in [5, 5.41) is 19.5. The Hall–Kier alpha value is -10.8. The molecule has 4 aromatic carbocycles. The Morgan fingerprint density at radius 2 is 1.06 bits per heavy atom. The SMILES string of the molecule is C.Cc1ccc2nc(/C=C/c3ccc(C=O)s3)n(CC(C)C)c2c1.F.[C-]#[N+]C1=C(/C=C/c2ccc(/C=C/c3cc4ccc(C)cc4n3CC(C)C)s2)C(c2ccccc2)(C(F)(F)F)O/C1=C(\C#N)[N+]#[C-].[C-]#[N+]C1=C(C)C(c2ccccc2)(C(F)(F)F)O/C1=C(\C#N)[N+]#[C-]. The Bertz CT molecular complexity index is 4580. The number of rotatable bonds is 13. The minimum atomic E-state index is -5.02. The van der Waals surface area contributed by atoms with Crippen LogP contribution in [0, 0.1) is 74.6 Å². The molecule has 21 heteroatoms. The molecule has 0 N–H and O–H groups in total. The van der Waals surface area contributed by atoms with Gasteiger partial charge in [-0.3, -0.25) is 9.50 Å². The van der Waals surface area contributed by atoms with Crippen LogP contribution in [0.2, 0.25) is 0 Å². The molecular weight excluding hydrogens is 1240 g/mol. The standard InChI is InChI=1S/C36H27F3N4OS.C19H20N2OS.C16H8F3N3O.CH4.FH/c1-23(2)22-43-27(20-25-12-11-24(3)19-32(25)43)13-14-28-15-16-29(45-28)17-18-30-33(42-5)34(31(21-40)41-4)44-35(30,36(37,38)39)26-9-7-6-8-10-26;1-13(2)11-21-18-10-14(3)4-8-17(18)20-19(21)9-7-15-5-6-16(12-22)23-15;1-10-13(22-3)14(12(9-20)21-2)23-15(10,16(17,18)19)11-7-5-4-6-8-11;;/h6-20,23H,22H2,1-3H3;4-10,12-13H,11H2,1-3H3;4-8H,1H3;1H4;1H/b14-13+,18-17+,34-31+;9-7+;14-12+;;. The van der Waals surface area contributed by atoms with Gasteiger partial charge in [-0.25, -0.2) is 34.9 Å². The van der Waals surface area contributed by atoms with Crippen molar-refractivity contribution in [3.8, 4) is 12.1 Å². The van der Waals surface area contributed by atoms with Crippen LogP contribution in [0.25, 0.3) is 71.7 Å². The third-order valence-electron chi connectivity index (χ3n) is 14.5. The number of nitriles is 2. The molecule has 0 fully saturated rings. The van der Waals surface area contributed by atoms with Crippen LogP contribution < -0.4 is 0 Å². The summed E-state index contributed by atoms with van der Waals surface area (Å²) in [6.45, 7) is 44.9. The third kappa shape index (κ3) is 14.7. The van der Waals surface area contributed by atoms with Crippen molar-refractivity contribution in [1.82, 2.24) is 14.1 Å². The number of halogens is 7. The number of alkyl halides is 6. The fraction of sp³-hybridized carbons (Fsp3) is 0.222. The fourth-order valence-corrected chi connectivity index (χ4v) is 12.0. The van der Waals surface area contributed by atoms with Crippen LogP contribution >= 0.6 is 22.7 Å². The summed E-state index contributed by atoms with van der Waals surface area (Å²) in [6.07, 6.45) is 1.78. The molecule has 0 bridgehead atoms. The molecule has 0 spiro atoms. The van der Waals surface area contributed by atoms with E-state index < -0.39 is 69.0 Å². The van der Waals surface area contributed by atoms with Gasteiger partial charge in [-0.05, 0) is 128 Å². The monoisotopic (exact) mass is 1300 g/mol. The van der Waals surface area contributed by atoms with Crippen molar-refractivity contribution >= 4 is 81.3 Å². The number of carbonyl (C=O) groups excluding carboxylic acids is 1. The summed E-state index contributed by atoms with van der Waals surface area (Å²) in [6, 6.07) is 39.2. The van der Waals surface area contributed by atoms with Gasteiger partial charge >= 0.3 is 12.4 Å². The van der Waals surface area contributed by atoms with Crippen molar-refractivity contribution < 1.29 is 45.3 Å². The van der Waals surface area contributed by atoms with Crippen LogP contribution in [-0.4, -0.2) is 32.8 Å². The number of imidazole rings is 1. The molecule has 2 atom stereocenters. The first kappa shape index (κ1) is 71.3. The number of allylic oxidation sites excluding steroid dienone is 2. The Kier molecular flexibility index (Phi) is 22.9. The number of hydrogen-bond donors (Lipinski definition) is 0. The van der Waals surface area contributed by atoms with Gasteiger partial charge < -0.3 is 18.6 Å². The van der Waals surface area contributed by atoms with E-state index in [1.54, 1.807) is 24.3 Å². The van der Waals surface area contributed by atoms with Gasteiger partial charge in [0.15, 0.2) is 6.29 Å². The number of thiophene rings is 2. The van der Waals surface area contributed by atoms with E-state index in [0.29, 0.717) is 16.7 Å². The van der Waals surface area contributed by atoms with Crippen LogP contribution in [0.3, 0.4) is 0 Å². The van der Waals surface area contributed by atoms with Crippen molar-refractivity contribution in [3.63, 3.8) is 0 Å². The minimum Gasteiger partial charge on any atom is -0.491 e. The second kappa shape index (κ2) is 29.9. The lowest BCUT2D eigenvalue weighted by Gasteiger charge is -2.34. The molecular formula is C72H60F7N9O3S2. The molecule has 0 radical (unpaired) electrons. The van der Waals surface area contributed by atoms with E-state index in [4.69, 9.17) is 46.0 Å². The molecule has 12 nitrogen and oxygen atoms in total. The van der Waals surface area contributed by atoms with Gasteiger partial charge in [0.1, 0.15) is 17.3 Å². The van der Waals surface area contributed by atoms with Crippen LogP contribution in [0.4, 0.5) is 31.0 Å². The molecule has 0 aliphatic carbocycles. The molecule has 0 amide bonds. The molecule has 93 heavy (non-hydrogen) atoms. The molecule has 6 heterocycles. The normalized spacial score (nSPS) is 17.3. The maximum atomic E-state index is 15.0. The van der Waals surface area contributed by atoms with E-state index in [0.717, 1.165) is 63.4 Å². The van der Waals surface area contributed by atoms with E-state index >= 15 is 13.2 Å². The molecule has 8 aromatic rings. The lowest BCUT2D eigenvalue weighted by atomic mass is 9.85. The highest BCUT2D eigenvalue weighted by molar-refractivity contribution is 7.14. The zero-order valence-corrected chi connectivity index (χ0v) is 52.1. The highest BCUT2D eigenvalue weighted by Crippen LogP contribution is 2.57. The van der Waals surface area contributed by atoms with Crippen LogP contribution in [-0.2, 0) is 33.8 Å². The second-order valence-corrected chi connectivity index (χ2v) is 24.1. The number of nitrogens with zero attached hydrogens (tertiary/aromatic N) is 9. The number of aromatic nitrogens is 3. The summed E-state index contributed by atoms with van der Waals surface area (Å²) in [5.41, 5.74) is -2.86. The van der Waals surface area contributed by atoms with Crippen LogP contribution in [0.1, 0.15) is 100 Å². The summed E-state index contributed by atoms with van der Waals surface area (Å²) >= 11 is 2.86. The van der Waals surface area contributed by atoms with Gasteiger partial charge in [-0.2, -0.15) is 26.3 Å². The number of fused-ring (bicyclic) bond motifs is 2. The Labute approximate surface area is 542 Å². The second-order valence-electron chi connectivity index (χ2n) is 21.8. The number of hydrogen-bond acceptors (Lipinski definition) is 8. The first-order valence-corrected chi connectivity index (χ1v) is 29.7. The first-order valence-electron chi connectivity index (χ1n) is 28.1. The summed E-state index contributed by atoms with van der Waals surface area (Å²) < 4.78 is 102. The molecule has 2 aliphatic rings. The maximum absolute atomic E-state index is 15.0. The lowest BCUT2D eigenvalue weighted by molar-refractivity contribution is -0.250. The van der Waals surface area contributed by atoms with Crippen molar-refractivity contribution in [2.45, 2.75) is 92.5 Å². The van der Waals surface area contributed by atoms with Crippen molar-refractivity contribution in [2.24, 2.45) is 11.8 Å². The topological polar surface area (TPSA) is 123 Å². The summed E-state index contributed by atoms with van der Waals surface area (Å²) in [7, 11) is 0. The molecule has 2 aliphatic heterocycles. The Balaban J connectivity index is 0.000000241. The third-order valence-corrected chi connectivity index (χ3v) is 16.5. The first-order chi connectivity index (χ1) is 43.4. The zero-order valence-electron chi connectivity index (χ0n) is 50.5. The van der Waals surface area contributed by atoms with Crippen molar-refractivity contribution in [1.29, 1.82) is 10.5 Å². The van der Waals surface area contributed by atoms with Crippen molar-refractivity contribution in [2.75, 3.05) is 0 Å². The van der Waals surface area contributed by atoms with E-state index in [-0.39, 0.29) is 23.3 Å². The minimum absolute atomic E-state index is 0. The average Bonchev–Trinajstić information content (AvgIpc) is 1.60. The number of aryl methyl sites for hydroxylation is 2. The molecule has 4 aromatic heterocycles. The van der Waals surface area contributed by atoms with E-state index in [1.165, 1.54) is 112 Å². The lowest BCUT2D eigenvalue weighted by Crippen LogP contribution is -2.43. The van der Waals surface area contributed by atoms with Crippen molar-refractivity contribution in [3.05, 3.63) is 278 Å². The summed E-state index contributed by atoms with van der Waals surface area (Å²) in [4.78, 5) is 31.2. The molecule has 2 unspecified atom stereocenters. The van der Waals surface area contributed by atoms with E-state index in [2.05, 4.69) is 113 Å². The largest absolute Gasteiger partial charge is 0.491 e. The molecule has 472 valence electrons. The zero-order chi connectivity index (χ0) is 66.0. The average molecular weight is 1300 g/mol. The maximum Gasteiger partial charge on any atom is 0.435 e. The molecule has 10 rings (SSSR count). The number of benzene rings is 4. The van der Waals surface area contributed by atoms with Gasteiger partial charge in [0.05, 0.1) is 54.3 Å². The number of aldehydes is 1. The number of carbonyl (C=O) groups is 1. The number of ether oxygens (including phenoxy) is 2. The van der Waals surface area contributed by atoms with E-state index in [9.17, 15) is 23.2 Å². The van der Waals surface area contributed by atoms with Gasteiger partial charge in [0.2, 0.25) is 22.6 Å². The summed E-state index contributed by atoms with van der Waals surface area (Å²) in [5.74, 6) is 0.639. The van der Waals surface area contributed by atoms with Crippen LogP contribution in [0.5, 0.6) is 0 Å². The predicted molar refractivity (Wildman–Crippen MR) is 353 cm³/mol. The molecule has 0 saturated heterocycles. The predicted octanol–water partition coefficient (Wildman–Crippen LogP) is 20.3. The highest BCUT2D eigenvalue weighted by atomic mass is 32.1. The Morgan fingerprint density at radius 1 is 0.602 bits per heavy atom. The van der Waals surface area contributed by atoms with Gasteiger partial charge in [-0.15, -0.1) is 22.7 Å². The van der Waals surface area contributed by atoms with E-state index in [1.807, 2.05) is 42.5 Å². The smallest absolute Gasteiger partial charge is 0.435 e. The highest BCUT2D eigenvalue weighted by Gasteiger charge is 2.65. The van der Waals surface area contributed by atoms with Gasteiger partial charge in [0.25, 0.3) is 11.4 Å². The Morgan fingerprint density at radius 3 is 1.56 bits per heavy atom. The quantitative estimate of drug-likeness (QED) is 0.0490.